The largest absolute Gasteiger partial charge is 0.388 e. The first-order valence-electron chi connectivity index (χ1n) is 7.14. The van der Waals surface area contributed by atoms with Gasteiger partial charge in [-0.05, 0) is 36.2 Å². The lowest BCUT2D eigenvalue weighted by atomic mass is 10.1. The van der Waals surface area contributed by atoms with Gasteiger partial charge in [-0.15, -0.1) is 0 Å². The molecule has 106 valence electrons. The molecule has 2 aromatic rings. The van der Waals surface area contributed by atoms with Crippen molar-refractivity contribution in [2.45, 2.75) is 26.0 Å². The van der Waals surface area contributed by atoms with E-state index in [0.29, 0.717) is 0 Å². The zero-order chi connectivity index (χ0) is 14.2. The van der Waals surface area contributed by atoms with Gasteiger partial charge in [0.25, 0.3) is 0 Å². The number of rotatable bonds is 7. The molecule has 0 amide bonds. The summed E-state index contributed by atoms with van der Waals surface area (Å²) in [6.45, 7) is 4.91. The molecule has 0 aliphatic carbocycles. The predicted octanol–water partition coefficient (Wildman–Crippen LogP) is 3.03. The number of nitrogens with zero attached hydrogens (tertiary/aromatic N) is 2. The third-order valence-electron chi connectivity index (χ3n) is 3.51. The molecule has 1 unspecified atom stereocenters. The summed E-state index contributed by atoms with van der Waals surface area (Å²) in [4.78, 5) is 6.37. The molecule has 0 radical (unpaired) electrons. The molecule has 0 fully saturated rings. The Bertz CT molecular complexity index is 487. The summed E-state index contributed by atoms with van der Waals surface area (Å²) in [5, 5.41) is 10.2. The summed E-state index contributed by atoms with van der Waals surface area (Å²) in [5.74, 6) is 0. The summed E-state index contributed by atoms with van der Waals surface area (Å²) < 4.78 is 0. The fraction of sp³-hybridized carbons (Fsp3) is 0.353. The van der Waals surface area contributed by atoms with Gasteiger partial charge in [-0.25, -0.2) is 0 Å². The second kappa shape index (κ2) is 7.78. The van der Waals surface area contributed by atoms with Crippen LogP contribution in [0.15, 0.2) is 54.9 Å². The Balaban J connectivity index is 1.85. The fourth-order valence-electron chi connectivity index (χ4n) is 2.24. The Labute approximate surface area is 120 Å². The smallest absolute Gasteiger partial charge is 0.0802 e. The molecule has 3 nitrogen and oxygen atoms in total. The Morgan fingerprint density at radius 2 is 1.80 bits per heavy atom. The van der Waals surface area contributed by atoms with Crippen LogP contribution in [0.1, 0.15) is 30.6 Å². The highest BCUT2D eigenvalue weighted by molar-refractivity contribution is 5.17. The van der Waals surface area contributed by atoms with Crippen molar-refractivity contribution >= 4 is 0 Å². The van der Waals surface area contributed by atoms with Crippen molar-refractivity contribution in [3.8, 4) is 0 Å². The monoisotopic (exact) mass is 270 g/mol. The minimum absolute atomic E-state index is 0.386. The number of hydrogen-bond donors (Lipinski definition) is 1. The van der Waals surface area contributed by atoms with Crippen LogP contribution in [0.4, 0.5) is 0 Å². The van der Waals surface area contributed by atoms with E-state index in [4.69, 9.17) is 0 Å². The number of pyridine rings is 1. The van der Waals surface area contributed by atoms with Crippen molar-refractivity contribution in [1.29, 1.82) is 0 Å². The van der Waals surface area contributed by atoms with Crippen molar-refractivity contribution in [3.05, 3.63) is 66.0 Å². The summed E-state index contributed by atoms with van der Waals surface area (Å²) >= 11 is 0. The highest BCUT2D eigenvalue weighted by Gasteiger charge is 2.10. The van der Waals surface area contributed by atoms with Gasteiger partial charge in [0.05, 0.1) is 6.10 Å². The molecule has 0 spiro atoms. The molecule has 0 aliphatic rings. The number of aliphatic hydroxyl groups is 1. The SMILES string of the molecule is CCN(CCC(O)c1ccccc1)Cc1ccncc1. The highest BCUT2D eigenvalue weighted by atomic mass is 16.3. The van der Waals surface area contributed by atoms with Crippen LogP contribution in [0, 0.1) is 0 Å². The molecule has 1 aromatic heterocycles. The van der Waals surface area contributed by atoms with E-state index in [2.05, 4.69) is 16.8 Å². The van der Waals surface area contributed by atoms with E-state index in [1.54, 1.807) is 0 Å². The maximum atomic E-state index is 10.2. The Morgan fingerprint density at radius 1 is 1.10 bits per heavy atom. The van der Waals surface area contributed by atoms with Crippen molar-refractivity contribution in [1.82, 2.24) is 9.88 Å². The molecular formula is C17H22N2O. The average molecular weight is 270 g/mol. The molecule has 1 atom stereocenters. The van der Waals surface area contributed by atoms with Crippen LogP contribution < -0.4 is 0 Å². The van der Waals surface area contributed by atoms with Crippen LogP contribution in [0.3, 0.4) is 0 Å². The number of hydrogen-bond acceptors (Lipinski definition) is 3. The molecule has 0 saturated heterocycles. The quantitative estimate of drug-likeness (QED) is 0.840. The summed E-state index contributed by atoms with van der Waals surface area (Å²) in [5.41, 5.74) is 2.25. The van der Waals surface area contributed by atoms with E-state index in [1.807, 2.05) is 54.9 Å². The molecular weight excluding hydrogens is 248 g/mol. The van der Waals surface area contributed by atoms with E-state index in [-0.39, 0.29) is 6.10 Å². The first kappa shape index (κ1) is 14.7. The molecule has 0 aliphatic heterocycles. The third kappa shape index (κ3) is 4.44. The van der Waals surface area contributed by atoms with Crippen LogP contribution in [0.2, 0.25) is 0 Å². The minimum Gasteiger partial charge on any atom is -0.388 e. The van der Waals surface area contributed by atoms with Crippen molar-refractivity contribution in [2.24, 2.45) is 0 Å². The lowest BCUT2D eigenvalue weighted by molar-refractivity contribution is 0.141. The van der Waals surface area contributed by atoms with Gasteiger partial charge in [-0.2, -0.15) is 0 Å². The van der Waals surface area contributed by atoms with E-state index in [9.17, 15) is 5.11 Å². The van der Waals surface area contributed by atoms with Crippen LogP contribution in [0.5, 0.6) is 0 Å². The first-order valence-corrected chi connectivity index (χ1v) is 7.14. The van der Waals surface area contributed by atoms with Gasteiger partial charge in [-0.1, -0.05) is 37.3 Å². The topological polar surface area (TPSA) is 36.4 Å². The highest BCUT2D eigenvalue weighted by Crippen LogP contribution is 2.17. The van der Waals surface area contributed by atoms with Gasteiger partial charge >= 0.3 is 0 Å². The van der Waals surface area contributed by atoms with Gasteiger partial charge in [0.15, 0.2) is 0 Å². The Hall–Kier alpha value is -1.71. The average Bonchev–Trinajstić information content (AvgIpc) is 2.53. The summed E-state index contributed by atoms with van der Waals surface area (Å²) in [6.07, 6.45) is 4.01. The van der Waals surface area contributed by atoms with E-state index >= 15 is 0 Å². The molecule has 1 heterocycles. The number of benzene rings is 1. The summed E-state index contributed by atoms with van der Waals surface area (Å²) in [7, 11) is 0. The molecule has 3 heteroatoms. The summed E-state index contributed by atoms with van der Waals surface area (Å²) in [6, 6.07) is 13.9. The van der Waals surface area contributed by atoms with E-state index < -0.39 is 0 Å². The van der Waals surface area contributed by atoms with E-state index in [1.165, 1.54) is 5.56 Å². The minimum atomic E-state index is -0.386. The third-order valence-corrected chi connectivity index (χ3v) is 3.51. The molecule has 2 rings (SSSR count). The van der Waals surface area contributed by atoms with Gasteiger partial charge < -0.3 is 5.11 Å². The molecule has 20 heavy (non-hydrogen) atoms. The van der Waals surface area contributed by atoms with Crippen LogP contribution >= 0.6 is 0 Å². The lowest BCUT2D eigenvalue weighted by Crippen LogP contribution is -2.25. The second-order valence-corrected chi connectivity index (χ2v) is 4.94. The normalized spacial score (nSPS) is 12.6. The standard InChI is InChI=1S/C17H22N2O/c1-2-19(14-15-8-11-18-12-9-15)13-10-17(20)16-6-4-3-5-7-16/h3-9,11-12,17,20H,2,10,13-14H2,1H3. The lowest BCUT2D eigenvalue weighted by Gasteiger charge is -2.22. The van der Waals surface area contributed by atoms with E-state index in [0.717, 1.165) is 31.6 Å². The fourth-order valence-corrected chi connectivity index (χ4v) is 2.24. The van der Waals surface area contributed by atoms with Crippen molar-refractivity contribution in [3.63, 3.8) is 0 Å². The maximum Gasteiger partial charge on any atom is 0.0802 e. The molecule has 1 N–H and O–H groups in total. The predicted molar refractivity (Wildman–Crippen MR) is 81.2 cm³/mol. The van der Waals surface area contributed by atoms with Gasteiger partial charge in [0, 0.05) is 25.5 Å². The van der Waals surface area contributed by atoms with Crippen molar-refractivity contribution < 1.29 is 5.11 Å². The van der Waals surface area contributed by atoms with Gasteiger partial charge in [0.2, 0.25) is 0 Å². The molecule has 0 saturated carbocycles. The zero-order valence-corrected chi connectivity index (χ0v) is 11.9. The Kier molecular flexibility index (Phi) is 5.71. The molecule has 1 aromatic carbocycles. The molecule has 0 bridgehead atoms. The van der Waals surface area contributed by atoms with Crippen LogP contribution in [-0.4, -0.2) is 28.1 Å². The van der Waals surface area contributed by atoms with Crippen LogP contribution in [-0.2, 0) is 6.54 Å². The van der Waals surface area contributed by atoms with Gasteiger partial charge in [-0.3, -0.25) is 9.88 Å². The number of aliphatic hydroxyl groups excluding tert-OH is 1. The second-order valence-electron chi connectivity index (χ2n) is 4.94. The van der Waals surface area contributed by atoms with Crippen molar-refractivity contribution in [2.75, 3.05) is 13.1 Å². The maximum absolute atomic E-state index is 10.2. The zero-order valence-electron chi connectivity index (χ0n) is 11.9. The van der Waals surface area contributed by atoms with Crippen LogP contribution in [0.25, 0.3) is 0 Å². The first-order chi connectivity index (χ1) is 9.79. The van der Waals surface area contributed by atoms with Gasteiger partial charge in [0.1, 0.15) is 0 Å². The number of aromatic nitrogens is 1. The Morgan fingerprint density at radius 3 is 2.45 bits per heavy atom.